The molecule has 1 aromatic heterocycles. The topological polar surface area (TPSA) is 75.8 Å². The Morgan fingerprint density at radius 2 is 1.74 bits per heavy atom. The zero-order valence-corrected chi connectivity index (χ0v) is 17.9. The molecule has 4 rings (SSSR count). The first-order chi connectivity index (χ1) is 15.0. The van der Waals surface area contributed by atoms with Crippen molar-refractivity contribution in [1.82, 2.24) is 5.32 Å². The predicted octanol–water partition coefficient (Wildman–Crippen LogP) is 2.33. The molecule has 2 atom stereocenters. The zero-order chi connectivity index (χ0) is 21.8. The summed E-state index contributed by atoms with van der Waals surface area (Å²) >= 11 is 0. The summed E-state index contributed by atoms with van der Waals surface area (Å²) in [6.45, 7) is 6.02. The molecule has 160 valence electrons. The van der Waals surface area contributed by atoms with Crippen LogP contribution in [-0.2, 0) is 22.6 Å². The number of nitrogens with one attached hydrogen (secondary N) is 3. The van der Waals surface area contributed by atoms with Crippen LogP contribution in [0.5, 0.6) is 0 Å². The Bertz CT molecular complexity index is 1060. The lowest BCUT2D eigenvalue weighted by Crippen LogP contribution is -3.12. The van der Waals surface area contributed by atoms with Gasteiger partial charge in [0.2, 0.25) is 0 Å². The van der Waals surface area contributed by atoms with E-state index in [0.717, 1.165) is 36.4 Å². The maximum absolute atomic E-state index is 12.5. The highest BCUT2D eigenvalue weighted by Crippen LogP contribution is 2.16. The van der Waals surface area contributed by atoms with Crippen LogP contribution in [0.25, 0.3) is 0 Å². The molecule has 6 heteroatoms. The van der Waals surface area contributed by atoms with Crippen LogP contribution in [0.15, 0.2) is 65.3 Å². The summed E-state index contributed by atoms with van der Waals surface area (Å²) in [6, 6.07) is 17.9. The molecule has 1 aliphatic rings. The average molecular weight is 419 g/mol. The Morgan fingerprint density at radius 1 is 1.00 bits per heavy atom. The summed E-state index contributed by atoms with van der Waals surface area (Å²) in [4.78, 5) is 26.2. The number of benzene rings is 2. The maximum Gasteiger partial charge on any atom is 0.313 e. The molecule has 6 nitrogen and oxygen atoms in total. The van der Waals surface area contributed by atoms with Crippen LogP contribution in [0.4, 0.5) is 5.69 Å². The van der Waals surface area contributed by atoms with Gasteiger partial charge in [0.1, 0.15) is 6.54 Å². The highest BCUT2D eigenvalue weighted by atomic mass is 16.3. The highest BCUT2D eigenvalue weighted by molar-refractivity contribution is 6.39. The first-order valence-electron chi connectivity index (χ1n) is 10.6. The van der Waals surface area contributed by atoms with Crippen molar-refractivity contribution in [3.63, 3.8) is 0 Å². The molecular formula is C25H28N3O3+. The summed E-state index contributed by atoms with van der Waals surface area (Å²) in [5.74, 6) is -0.501. The Labute approximate surface area is 182 Å². The van der Waals surface area contributed by atoms with E-state index in [1.807, 2.05) is 44.2 Å². The molecule has 0 saturated heterocycles. The average Bonchev–Trinajstić information content (AvgIpc) is 3.27. The van der Waals surface area contributed by atoms with Crippen LogP contribution in [0.3, 0.4) is 0 Å². The van der Waals surface area contributed by atoms with Gasteiger partial charge in [0.15, 0.2) is 11.8 Å². The van der Waals surface area contributed by atoms with Crippen molar-refractivity contribution < 1.29 is 18.9 Å². The van der Waals surface area contributed by atoms with Crippen molar-refractivity contribution in [2.75, 3.05) is 18.4 Å². The van der Waals surface area contributed by atoms with E-state index in [0.29, 0.717) is 12.2 Å². The number of fused-ring (bicyclic) bond motifs is 1. The van der Waals surface area contributed by atoms with Gasteiger partial charge in [0.25, 0.3) is 0 Å². The van der Waals surface area contributed by atoms with E-state index < -0.39 is 11.8 Å². The van der Waals surface area contributed by atoms with Crippen LogP contribution in [0.2, 0.25) is 0 Å². The first kappa shape index (κ1) is 20.9. The van der Waals surface area contributed by atoms with Gasteiger partial charge < -0.3 is 20.0 Å². The fourth-order valence-electron chi connectivity index (χ4n) is 4.34. The predicted molar refractivity (Wildman–Crippen MR) is 119 cm³/mol. The van der Waals surface area contributed by atoms with Gasteiger partial charge in [0.05, 0.1) is 19.4 Å². The zero-order valence-electron chi connectivity index (χ0n) is 17.9. The quantitative estimate of drug-likeness (QED) is 0.557. The third-order valence-corrected chi connectivity index (χ3v) is 5.78. The summed E-state index contributed by atoms with van der Waals surface area (Å²) in [6.07, 6.45) is 2.62. The number of amides is 2. The monoisotopic (exact) mass is 418 g/mol. The van der Waals surface area contributed by atoms with Crippen molar-refractivity contribution in [1.29, 1.82) is 0 Å². The van der Waals surface area contributed by atoms with E-state index in [-0.39, 0.29) is 6.04 Å². The number of hydrogen-bond acceptors (Lipinski definition) is 3. The Morgan fingerprint density at radius 3 is 2.45 bits per heavy atom. The van der Waals surface area contributed by atoms with Gasteiger partial charge in [-0.3, -0.25) is 9.59 Å². The molecule has 3 N–H and O–H groups in total. The lowest BCUT2D eigenvalue weighted by atomic mass is 9.98. The van der Waals surface area contributed by atoms with Gasteiger partial charge in [-0.1, -0.05) is 30.3 Å². The lowest BCUT2D eigenvalue weighted by Gasteiger charge is -2.31. The van der Waals surface area contributed by atoms with Crippen molar-refractivity contribution in [3.05, 3.63) is 88.9 Å². The van der Waals surface area contributed by atoms with Crippen LogP contribution in [-0.4, -0.2) is 24.9 Å². The molecule has 2 heterocycles. The molecule has 0 fully saturated rings. The molecule has 1 unspecified atom stereocenters. The van der Waals surface area contributed by atoms with Gasteiger partial charge in [-0.15, -0.1) is 0 Å². The van der Waals surface area contributed by atoms with E-state index in [9.17, 15) is 9.59 Å². The molecular weight excluding hydrogens is 390 g/mol. The summed E-state index contributed by atoms with van der Waals surface area (Å²) in [5.41, 5.74) is 5.38. The number of quaternary nitrogens is 1. The van der Waals surface area contributed by atoms with Gasteiger partial charge in [-0.05, 0) is 54.8 Å². The van der Waals surface area contributed by atoms with E-state index >= 15 is 0 Å². The molecule has 0 saturated carbocycles. The molecule has 3 aromatic rings. The number of anilines is 1. The second kappa shape index (κ2) is 9.18. The number of hydrogen-bond donors (Lipinski definition) is 3. The fraction of sp³-hybridized carbons (Fsp3) is 0.280. The number of aryl methyl sites for hydroxylation is 2. The van der Waals surface area contributed by atoms with Gasteiger partial charge in [-0.2, -0.15) is 0 Å². The molecule has 0 aliphatic carbocycles. The van der Waals surface area contributed by atoms with Crippen molar-refractivity contribution in [2.45, 2.75) is 32.9 Å². The van der Waals surface area contributed by atoms with Gasteiger partial charge in [-0.25, -0.2) is 0 Å². The largest absolute Gasteiger partial charge is 0.463 e. The number of carbonyl (C=O) groups excluding carboxylic acids is 2. The van der Waals surface area contributed by atoms with Gasteiger partial charge in [0, 0.05) is 17.7 Å². The summed E-state index contributed by atoms with van der Waals surface area (Å²) in [7, 11) is 0. The second-order valence-electron chi connectivity index (χ2n) is 8.21. The Balaban J connectivity index is 1.42. The van der Waals surface area contributed by atoms with Crippen molar-refractivity contribution >= 4 is 17.5 Å². The van der Waals surface area contributed by atoms with Crippen molar-refractivity contribution in [3.8, 4) is 0 Å². The van der Waals surface area contributed by atoms with Crippen LogP contribution in [0, 0.1) is 13.8 Å². The highest BCUT2D eigenvalue weighted by Gasteiger charge is 2.31. The lowest BCUT2D eigenvalue weighted by molar-refractivity contribution is -0.946. The Hall–Kier alpha value is -3.38. The smallest absolute Gasteiger partial charge is 0.313 e. The van der Waals surface area contributed by atoms with Crippen LogP contribution in [0.1, 0.15) is 34.1 Å². The minimum atomic E-state index is -0.665. The van der Waals surface area contributed by atoms with Crippen molar-refractivity contribution in [2.24, 2.45) is 0 Å². The van der Waals surface area contributed by atoms with E-state index in [1.165, 1.54) is 16.0 Å². The first-order valence-corrected chi connectivity index (χ1v) is 10.6. The van der Waals surface area contributed by atoms with Crippen LogP contribution >= 0.6 is 0 Å². The number of rotatable bonds is 5. The maximum atomic E-state index is 12.5. The molecule has 2 aromatic carbocycles. The SMILES string of the molecule is Cc1cc(C)cc(NC(=O)C(=O)NC[C@H](c2ccco2)[NH+]2CCc3ccccc3C2)c1. The molecule has 1 aliphatic heterocycles. The van der Waals surface area contributed by atoms with E-state index in [1.54, 1.807) is 6.26 Å². The second-order valence-corrected chi connectivity index (χ2v) is 8.21. The van der Waals surface area contributed by atoms with Crippen LogP contribution < -0.4 is 15.5 Å². The Kier molecular flexibility index (Phi) is 6.18. The molecule has 2 amide bonds. The standard InChI is InChI=1S/C25H27N3O3/c1-17-12-18(2)14-21(13-17)27-25(30)24(29)26-15-22(23-8-5-11-31-23)28-10-9-19-6-3-4-7-20(19)16-28/h3-8,11-14,22H,9-10,15-16H2,1-2H3,(H,26,29)(H,27,30)/p+1/t22-/m1/s1. The number of carbonyl (C=O) groups is 2. The number of furan rings is 1. The fourth-order valence-corrected chi connectivity index (χ4v) is 4.34. The summed E-state index contributed by atoms with van der Waals surface area (Å²) < 4.78 is 5.68. The third-order valence-electron chi connectivity index (χ3n) is 5.78. The minimum Gasteiger partial charge on any atom is -0.463 e. The molecule has 0 bridgehead atoms. The van der Waals surface area contributed by atoms with Gasteiger partial charge >= 0.3 is 11.8 Å². The third kappa shape index (κ3) is 5.03. The molecule has 0 radical (unpaired) electrons. The van der Waals surface area contributed by atoms with E-state index in [4.69, 9.17) is 4.42 Å². The van der Waals surface area contributed by atoms with E-state index in [2.05, 4.69) is 34.9 Å². The molecule has 0 spiro atoms. The normalized spacial score (nSPS) is 16.3. The molecule has 31 heavy (non-hydrogen) atoms. The minimum absolute atomic E-state index is 0.0682. The summed E-state index contributed by atoms with van der Waals surface area (Å²) in [5, 5.41) is 5.50.